The van der Waals surface area contributed by atoms with Crippen LogP contribution in [0.5, 0.6) is 5.88 Å². The van der Waals surface area contributed by atoms with Crippen LogP contribution in [0.3, 0.4) is 0 Å². The molecule has 1 aliphatic heterocycles. The predicted octanol–water partition coefficient (Wildman–Crippen LogP) is 1.68. The molecule has 1 aromatic rings. The predicted molar refractivity (Wildman–Crippen MR) is 58.3 cm³/mol. The lowest BCUT2D eigenvalue weighted by Crippen LogP contribution is -2.28. The van der Waals surface area contributed by atoms with E-state index in [1.165, 1.54) is 0 Å². The van der Waals surface area contributed by atoms with E-state index in [0.717, 1.165) is 31.9 Å². The van der Waals surface area contributed by atoms with Crippen molar-refractivity contribution < 1.29 is 9.47 Å². The first-order chi connectivity index (χ1) is 7.38. The maximum atomic E-state index is 5.30. The summed E-state index contributed by atoms with van der Waals surface area (Å²) < 4.78 is 10.4. The van der Waals surface area contributed by atoms with Crippen molar-refractivity contribution in [3.63, 3.8) is 0 Å². The van der Waals surface area contributed by atoms with E-state index in [1.54, 1.807) is 7.11 Å². The first-order valence-corrected chi connectivity index (χ1v) is 5.24. The van der Waals surface area contributed by atoms with Gasteiger partial charge in [-0.1, -0.05) is 6.07 Å². The van der Waals surface area contributed by atoms with Gasteiger partial charge in [0.05, 0.1) is 7.11 Å². The Balaban J connectivity index is 1.96. The summed E-state index contributed by atoms with van der Waals surface area (Å²) in [6, 6.07) is 6.21. The van der Waals surface area contributed by atoms with Gasteiger partial charge in [-0.2, -0.15) is 4.98 Å². The second kappa shape index (κ2) is 4.98. The van der Waals surface area contributed by atoms with E-state index in [-0.39, 0.29) is 0 Å². The Labute approximate surface area is 89.6 Å². The number of nitrogens with zero attached hydrogens (tertiary/aromatic N) is 1. The molecule has 0 radical (unpaired) electrons. The normalized spacial score (nSPS) is 17.4. The number of ether oxygens (including phenoxy) is 2. The quantitative estimate of drug-likeness (QED) is 0.820. The third-order valence-corrected chi connectivity index (χ3v) is 2.51. The Kier molecular flexibility index (Phi) is 3.40. The van der Waals surface area contributed by atoms with Crippen molar-refractivity contribution in [3.8, 4) is 5.88 Å². The van der Waals surface area contributed by atoms with E-state index in [2.05, 4.69) is 10.3 Å². The third-order valence-electron chi connectivity index (χ3n) is 2.51. The van der Waals surface area contributed by atoms with Crippen LogP contribution in [-0.4, -0.2) is 31.3 Å². The fourth-order valence-electron chi connectivity index (χ4n) is 1.66. The number of anilines is 1. The van der Waals surface area contributed by atoms with E-state index in [9.17, 15) is 0 Å². The van der Waals surface area contributed by atoms with Crippen molar-refractivity contribution in [2.45, 2.75) is 18.9 Å². The molecular weight excluding hydrogens is 192 g/mol. The van der Waals surface area contributed by atoms with Crippen molar-refractivity contribution in [3.05, 3.63) is 18.2 Å². The molecule has 4 nitrogen and oxygen atoms in total. The first-order valence-electron chi connectivity index (χ1n) is 5.24. The number of nitrogens with one attached hydrogen (secondary N) is 1. The molecule has 1 fully saturated rings. The number of pyridine rings is 1. The second-order valence-electron chi connectivity index (χ2n) is 3.60. The number of aromatic nitrogens is 1. The summed E-state index contributed by atoms with van der Waals surface area (Å²) in [5.74, 6) is 1.52. The molecule has 1 N–H and O–H groups in total. The van der Waals surface area contributed by atoms with Crippen molar-refractivity contribution in [2.24, 2.45) is 0 Å². The minimum atomic E-state index is 0.471. The molecule has 2 rings (SSSR count). The molecule has 0 spiro atoms. The molecule has 4 heteroatoms. The monoisotopic (exact) mass is 208 g/mol. The summed E-state index contributed by atoms with van der Waals surface area (Å²) in [6.45, 7) is 1.67. The van der Waals surface area contributed by atoms with Crippen LogP contribution >= 0.6 is 0 Å². The van der Waals surface area contributed by atoms with Crippen LogP contribution < -0.4 is 10.1 Å². The van der Waals surface area contributed by atoms with Gasteiger partial charge >= 0.3 is 0 Å². The van der Waals surface area contributed by atoms with Crippen molar-refractivity contribution in [1.82, 2.24) is 4.98 Å². The Morgan fingerprint density at radius 3 is 2.93 bits per heavy atom. The fourth-order valence-corrected chi connectivity index (χ4v) is 1.66. The molecule has 0 amide bonds. The number of rotatable bonds is 3. The molecule has 0 aliphatic carbocycles. The molecule has 1 saturated heterocycles. The lowest BCUT2D eigenvalue weighted by atomic mass is 10.1. The van der Waals surface area contributed by atoms with Crippen molar-refractivity contribution in [2.75, 3.05) is 25.6 Å². The van der Waals surface area contributed by atoms with Gasteiger partial charge in [-0.05, 0) is 18.9 Å². The standard InChI is InChI=1S/C11H16N2O2/c1-14-11-4-2-3-10(13-11)12-9-5-7-15-8-6-9/h2-4,9H,5-8H2,1H3,(H,12,13). The summed E-state index contributed by atoms with van der Waals surface area (Å²) in [5, 5.41) is 3.38. The van der Waals surface area contributed by atoms with Crippen LogP contribution in [0.4, 0.5) is 5.82 Å². The Bertz CT molecular complexity index is 311. The highest BCUT2D eigenvalue weighted by atomic mass is 16.5. The maximum absolute atomic E-state index is 5.30. The van der Waals surface area contributed by atoms with Gasteiger partial charge in [-0.25, -0.2) is 0 Å². The molecule has 1 aliphatic rings. The van der Waals surface area contributed by atoms with Gasteiger partial charge in [-0.15, -0.1) is 0 Å². The van der Waals surface area contributed by atoms with Gasteiger partial charge in [0.2, 0.25) is 5.88 Å². The summed E-state index contributed by atoms with van der Waals surface area (Å²) >= 11 is 0. The highest BCUT2D eigenvalue weighted by Crippen LogP contribution is 2.15. The lowest BCUT2D eigenvalue weighted by Gasteiger charge is -2.23. The average molecular weight is 208 g/mol. The van der Waals surface area contributed by atoms with Crippen molar-refractivity contribution >= 4 is 5.82 Å². The second-order valence-corrected chi connectivity index (χ2v) is 3.60. The van der Waals surface area contributed by atoms with E-state index in [4.69, 9.17) is 9.47 Å². The summed E-state index contributed by atoms with van der Waals surface area (Å²) in [5.41, 5.74) is 0. The van der Waals surface area contributed by atoms with Crippen LogP contribution in [0.15, 0.2) is 18.2 Å². The minimum absolute atomic E-state index is 0.471. The Morgan fingerprint density at radius 1 is 1.40 bits per heavy atom. The highest BCUT2D eigenvalue weighted by molar-refractivity contribution is 5.38. The van der Waals surface area contributed by atoms with Crippen LogP contribution in [-0.2, 0) is 4.74 Å². The van der Waals surface area contributed by atoms with Gasteiger partial charge in [0.1, 0.15) is 5.82 Å². The molecule has 0 atom stereocenters. The van der Waals surface area contributed by atoms with Gasteiger partial charge in [-0.3, -0.25) is 0 Å². The van der Waals surface area contributed by atoms with Crippen LogP contribution in [0.25, 0.3) is 0 Å². The topological polar surface area (TPSA) is 43.4 Å². The fraction of sp³-hybridized carbons (Fsp3) is 0.545. The Hall–Kier alpha value is -1.29. The van der Waals surface area contributed by atoms with E-state index in [1.807, 2.05) is 18.2 Å². The molecule has 0 saturated carbocycles. The number of hydrogen-bond donors (Lipinski definition) is 1. The highest BCUT2D eigenvalue weighted by Gasteiger charge is 2.13. The molecule has 0 bridgehead atoms. The zero-order valence-corrected chi connectivity index (χ0v) is 8.90. The van der Waals surface area contributed by atoms with Gasteiger partial charge in [0.15, 0.2) is 0 Å². The summed E-state index contributed by atoms with van der Waals surface area (Å²) in [7, 11) is 1.63. The number of methoxy groups -OCH3 is 1. The number of hydrogen-bond acceptors (Lipinski definition) is 4. The largest absolute Gasteiger partial charge is 0.481 e. The van der Waals surface area contributed by atoms with Gasteiger partial charge in [0, 0.05) is 25.3 Å². The van der Waals surface area contributed by atoms with E-state index < -0.39 is 0 Å². The Morgan fingerprint density at radius 2 is 2.20 bits per heavy atom. The maximum Gasteiger partial charge on any atom is 0.214 e. The van der Waals surface area contributed by atoms with Gasteiger partial charge in [0.25, 0.3) is 0 Å². The third kappa shape index (κ3) is 2.83. The van der Waals surface area contributed by atoms with Crippen LogP contribution in [0.2, 0.25) is 0 Å². The molecule has 0 unspecified atom stereocenters. The summed E-state index contributed by atoms with van der Waals surface area (Å²) in [6.07, 6.45) is 2.08. The van der Waals surface area contributed by atoms with E-state index >= 15 is 0 Å². The lowest BCUT2D eigenvalue weighted by molar-refractivity contribution is 0.0904. The molecule has 0 aromatic carbocycles. The van der Waals surface area contributed by atoms with Gasteiger partial charge < -0.3 is 14.8 Å². The smallest absolute Gasteiger partial charge is 0.214 e. The molecular formula is C11H16N2O2. The first kappa shape index (κ1) is 10.2. The molecule has 2 heterocycles. The zero-order chi connectivity index (χ0) is 10.5. The molecule has 15 heavy (non-hydrogen) atoms. The molecule has 1 aromatic heterocycles. The minimum Gasteiger partial charge on any atom is -0.481 e. The van der Waals surface area contributed by atoms with Crippen LogP contribution in [0, 0.1) is 0 Å². The molecule has 82 valence electrons. The SMILES string of the molecule is COc1cccc(NC2CCOCC2)n1. The van der Waals surface area contributed by atoms with E-state index in [0.29, 0.717) is 11.9 Å². The van der Waals surface area contributed by atoms with Crippen molar-refractivity contribution in [1.29, 1.82) is 0 Å². The summed E-state index contributed by atoms with van der Waals surface area (Å²) in [4.78, 5) is 4.31. The zero-order valence-electron chi connectivity index (χ0n) is 8.90. The van der Waals surface area contributed by atoms with Crippen LogP contribution in [0.1, 0.15) is 12.8 Å². The average Bonchev–Trinajstić information content (AvgIpc) is 2.31.